The van der Waals surface area contributed by atoms with Gasteiger partial charge in [0, 0.05) is 17.0 Å². The highest BCUT2D eigenvalue weighted by Crippen LogP contribution is 2.31. The van der Waals surface area contributed by atoms with E-state index in [-0.39, 0.29) is 0 Å². The second-order valence-corrected chi connectivity index (χ2v) is 8.33. The maximum atomic E-state index is 5.60. The van der Waals surface area contributed by atoms with E-state index in [1.807, 2.05) is 11.3 Å². The summed E-state index contributed by atoms with van der Waals surface area (Å²) >= 11 is 7.46. The van der Waals surface area contributed by atoms with Gasteiger partial charge in [0.2, 0.25) is 0 Å². The summed E-state index contributed by atoms with van der Waals surface area (Å²) in [4.78, 5) is 4.07. The molecule has 1 aromatic heterocycles. The molecule has 2 atom stereocenters. The van der Waals surface area contributed by atoms with Crippen LogP contribution in [-0.2, 0) is 0 Å². The van der Waals surface area contributed by atoms with Crippen LogP contribution in [0.5, 0.6) is 0 Å². The van der Waals surface area contributed by atoms with E-state index in [1.165, 1.54) is 62.9 Å². The highest BCUT2D eigenvalue weighted by Gasteiger charge is 2.29. The molecule has 0 aromatic carbocycles. The van der Waals surface area contributed by atoms with E-state index >= 15 is 0 Å². The molecule has 1 aromatic rings. The van der Waals surface area contributed by atoms with E-state index < -0.39 is 0 Å². The first kappa shape index (κ1) is 17.2. The van der Waals surface area contributed by atoms with Crippen molar-refractivity contribution in [1.29, 1.82) is 0 Å². The lowest BCUT2D eigenvalue weighted by molar-refractivity contribution is 0.213. The lowest BCUT2D eigenvalue weighted by Crippen LogP contribution is -2.49. The largest absolute Gasteiger partial charge is 0.360 e. The molecule has 0 spiro atoms. The Balaban J connectivity index is 1.59. The molecular formula is C18H29N3S2. The Kier molecular flexibility index (Phi) is 6.31. The predicted molar refractivity (Wildman–Crippen MR) is 103 cm³/mol. The van der Waals surface area contributed by atoms with Gasteiger partial charge in [0.15, 0.2) is 5.11 Å². The highest BCUT2D eigenvalue weighted by atomic mass is 32.1. The topological polar surface area (TPSA) is 27.3 Å². The smallest absolute Gasteiger partial charge is 0.166 e. The standard InChI is InChI=1S/C18H29N3S2/c1-14(19-18(22)20-15-8-3-2-4-9-15)17(16-10-7-13-23-16)21-11-5-6-12-21/h7,10,13-15,17H,2-6,8-9,11-12H2,1H3,(H2,19,20,22). The fraction of sp³-hybridized carbons (Fsp3) is 0.722. The predicted octanol–water partition coefficient (Wildman–Crippen LogP) is 4.07. The van der Waals surface area contributed by atoms with Crippen molar-refractivity contribution in [3.63, 3.8) is 0 Å². The summed E-state index contributed by atoms with van der Waals surface area (Å²) in [5, 5.41) is 10.1. The molecule has 5 heteroatoms. The monoisotopic (exact) mass is 351 g/mol. The SMILES string of the molecule is CC(NC(=S)NC1CCCCC1)C(c1cccs1)N1CCCC1. The van der Waals surface area contributed by atoms with Gasteiger partial charge in [0.1, 0.15) is 0 Å². The third kappa shape index (κ3) is 4.68. The first-order valence-electron chi connectivity index (χ1n) is 9.08. The quantitative estimate of drug-likeness (QED) is 0.782. The van der Waals surface area contributed by atoms with Crippen molar-refractivity contribution in [3.8, 4) is 0 Å². The van der Waals surface area contributed by atoms with E-state index in [0.29, 0.717) is 18.1 Å². The zero-order chi connectivity index (χ0) is 16.1. The highest BCUT2D eigenvalue weighted by molar-refractivity contribution is 7.80. The van der Waals surface area contributed by atoms with Crippen LogP contribution in [0.25, 0.3) is 0 Å². The number of likely N-dealkylation sites (tertiary alicyclic amines) is 1. The Morgan fingerprint density at radius 3 is 2.61 bits per heavy atom. The lowest BCUT2D eigenvalue weighted by atomic mass is 9.96. The van der Waals surface area contributed by atoms with Gasteiger partial charge in [-0.05, 0) is 69.4 Å². The van der Waals surface area contributed by atoms with Crippen molar-refractivity contribution in [2.45, 2.75) is 70.0 Å². The Morgan fingerprint density at radius 2 is 1.96 bits per heavy atom. The van der Waals surface area contributed by atoms with Gasteiger partial charge in [-0.3, -0.25) is 4.90 Å². The van der Waals surface area contributed by atoms with Crippen LogP contribution in [0.15, 0.2) is 17.5 Å². The molecule has 2 fully saturated rings. The van der Waals surface area contributed by atoms with Gasteiger partial charge < -0.3 is 10.6 Å². The van der Waals surface area contributed by atoms with Gasteiger partial charge in [0.05, 0.1) is 6.04 Å². The van der Waals surface area contributed by atoms with Gasteiger partial charge >= 0.3 is 0 Å². The second kappa shape index (κ2) is 8.45. The van der Waals surface area contributed by atoms with Crippen molar-refractivity contribution in [3.05, 3.63) is 22.4 Å². The van der Waals surface area contributed by atoms with Crippen molar-refractivity contribution < 1.29 is 0 Å². The number of hydrogen-bond donors (Lipinski definition) is 2. The van der Waals surface area contributed by atoms with Gasteiger partial charge in [-0.15, -0.1) is 11.3 Å². The molecule has 2 unspecified atom stereocenters. The molecule has 0 amide bonds. The number of thiocarbonyl (C=S) groups is 1. The molecular weight excluding hydrogens is 322 g/mol. The molecule has 0 bridgehead atoms. The van der Waals surface area contributed by atoms with E-state index in [0.717, 1.165) is 5.11 Å². The third-order valence-corrected chi connectivity index (χ3v) is 6.32. The molecule has 23 heavy (non-hydrogen) atoms. The Hall–Kier alpha value is -0.650. The van der Waals surface area contributed by atoms with Gasteiger partial charge in [0.25, 0.3) is 0 Å². The minimum absolute atomic E-state index is 0.329. The summed E-state index contributed by atoms with van der Waals surface area (Å²) in [5.74, 6) is 0. The lowest BCUT2D eigenvalue weighted by Gasteiger charge is -2.34. The summed E-state index contributed by atoms with van der Waals surface area (Å²) < 4.78 is 0. The Morgan fingerprint density at radius 1 is 1.22 bits per heavy atom. The van der Waals surface area contributed by atoms with Crippen molar-refractivity contribution in [1.82, 2.24) is 15.5 Å². The molecule has 2 N–H and O–H groups in total. The molecule has 1 saturated heterocycles. The van der Waals surface area contributed by atoms with Crippen LogP contribution >= 0.6 is 23.6 Å². The summed E-state index contributed by atoms with van der Waals surface area (Å²) in [6.07, 6.45) is 9.21. The molecule has 1 aliphatic heterocycles. The minimum Gasteiger partial charge on any atom is -0.360 e. The van der Waals surface area contributed by atoms with Crippen LogP contribution in [0.4, 0.5) is 0 Å². The Bertz CT molecular complexity index is 476. The Labute approximate surface area is 149 Å². The van der Waals surface area contributed by atoms with Crippen LogP contribution in [0, 0.1) is 0 Å². The molecule has 2 aliphatic rings. The molecule has 2 heterocycles. The minimum atomic E-state index is 0.329. The molecule has 0 radical (unpaired) electrons. The first-order chi connectivity index (χ1) is 11.2. The zero-order valence-electron chi connectivity index (χ0n) is 14.1. The van der Waals surface area contributed by atoms with Crippen molar-refractivity contribution >= 4 is 28.7 Å². The van der Waals surface area contributed by atoms with Gasteiger partial charge in [-0.1, -0.05) is 25.3 Å². The molecule has 3 nitrogen and oxygen atoms in total. The van der Waals surface area contributed by atoms with Gasteiger partial charge in [-0.2, -0.15) is 0 Å². The summed E-state index contributed by atoms with van der Waals surface area (Å²) in [6.45, 7) is 4.69. The molecule has 3 rings (SSSR count). The van der Waals surface area contributed by atoms with E-state index in [2.05, 4.69) is 40.0 Å². The number of nitrogens with zero attached hydrogens (tertiary/aromatic N) is 1. The van der Waals surface area contributed by atoms with Crippen LogP contribution < -0.4 is 10.6 Å². The van der Waals surface area contributed by atoms with Crippen LogP contribution in [-0.4, -0.2) is 35.2 Å². The number of rotatable bonds is 5. The second-order valence-electron chi connectivity index (χ2n) is 6.94. The van der Waals surface area contributed by atoms with E-state index in [1.54, 1.807) is 0 Å². The number of hydrogen-bond acceptors (Lipinski definition) is 3. The van der Waals surface area contributed by atoms with Crippen molar-refractivity contribution in [2.75, 3.05) is 13.1 Å². The maximum absolute atomic E-state index is 5.60. The number of nitrogens with one attached hydrogen (secondary N) is 2. The number of thiophene rings is 1. The summed E-state index contributed by atoms with van der Waals surface area (Å²) in [7, 11) is 0. The van der Waals surface area contributed by atoms with Gasteiger partial charge in [-0.25, -0.2) is 0 Å². The van der Waals surface area contributed by atoms with E-state index in [4.69, 9.17) is 12.2 Å². The summed E-state index contributed by atoms with van der Waals surface area (Å²) in [5.41, 5.74) is 0. The van der Waals surface area contributed by atoms with Crippen LogP contribution in [0.1, 0.15) is 62.8 Å². The van der Waals surface area contributed by atoms with E-state index in [9.17, 15) is 0 Å². The molecule has 1 aliphatic carbocycles. The van der Waals surface area contributed by atoms with Crippen molar-refractivity contribution in [2.24, 2.45) is 0 Å². The zero-order valence-corrected chi connectivity index (χ0v) is 15.7. The van der Waals surface area contributed by atoms with Crippen LogP contribution in [0.2, 0.25) is 0 Å². The first-order valence-corrected chi connectivity index (χ1v) is 10.4. The third-order valence-electron chi connectivity index (χ3n) is 5.14. The average Bonchev–Trinajstić information content (AvgIpc) is 3.22. The average molecular weight is 352 g/mol. The fourth-order valence-electron chi connectivity index (χ4n) is 3.98. The fourth-order valence-corrected chi connectivity index (χ4v) is 5.30. The summed E-state index contributed by atoms with van der Waals surface area (Å²) in [6, 6.07) is 5.76. The maximum Gasteiger partial charge on any atom is 0.166 e. The molecule has 128 valence electrons. The normalized spacial score (nSPS) is 22.7. The molecule has 1 saturated carbocycles. The van der Waals surface area contributed by atoms with Crippen LogP contribution in [0.3, 0.4) is 0 Å².